The molecule has 2 saturated heterocycles. The fraction of sp³-hybridized carbons (Fsp3) is 0.833. The SMILES string of the molecule is C[C@@H]1CC(=O)C2=CCCC[C@H]2[C@@]1(C)[C@@H]1C[C@H]2CCO[C@H]2O1. The van der Waals surface area contributed by atoms with Crippen LogP contribution in [0.3, 0.4) is 0 Å². The van der Waals surface area contributed by atoms with Crippen LogP contribution in [0.1, 0.15) is 52.4 Å². The molecule has 3 nitrogen and oxygen atoms in total. The van der Waals surface area contributed by atoms with E-state index in [1.165, 1.54) is 6.42 Å². The van der Waals surface area contributed by atoms with Gasteiger partial charge in [-0.3, -0.25) is 4.79 Å². The fourth-order valence-electron chi connectivity index (χ4n) is 5.21. The molecule has 0 unspecified atom stereocenters. The van der Waals surface area contributed by atoms with E-state index in [2.05, 4.69) is 19.9 Å². The first-order valence-electron chi connectivity index (χ1n) is 8.61. The Morgan fingerprint density at radius 1 is 1.33 bits per heavy atom. The van der Waals surface area contributed by atoms with Crippen molar-refractivity contribution in [3.05, 3.63) is 11.6 Å². The van der Waals surface area contributed by atoms with Gasteiger partial charge in [0.2, 0.25) is 0 Å². The van der Waals surface area contributed by atoms with Gasteiger partial charge in [-0.15, -0.1) is 0 Å². The third kappa shape index (κ3) is 1.97. The summed E-state index contributed by atoms with van der Waals surface area (Å²) in [5, 5.41) is 0. The highest BCUT2D eigenvalue weighted by Gasteiger charge is 2.56. The van der Waals surface area contributed by atoms with Gasteiger partial charge in [0.15, 0.2) is 12.1 Å². The number of ketones is 1. The molecule has 0 spiro atoms. The molecule has 2 aliphatic heterocycles. The van der Waals surface area contributed by atoms with Crippen LogP contribution < -0.4 is 0 Å². The summed E-state index contributed by atoms with van der Waals surface area (Å²) >= 11 is 0. The van der Waals surface area contributed by atoms with Crippen LogP contribution in [0.15, 0.2) is 11.6 Å². The van der Waals surface area contributed by atoms with Crippen molar-refractivity contribution in [2.45, 2.75) is 64.8 Å². The van der Waals surface area contributed by atoms with E-state index < -0.39 is 0 Å². The minimum Gasteiger partial charge on any atom is -0.352 e. The molecule has 6 atom stereocenters. The van der Waals surface area contributed by atoms with Crippen molar-refractivity contribution in [1.29, 1.82) is 0 Å². The maximum Gasteiger partial charge on any atom is 0.160 e. The molecule has 21 heavy (non-hydrogen) atoms. The van der Waals surface area contributed by atoms with Crippen LogP contribution >= 0.6 is 0 Å². The lowest BCUT2D eigenvalue weighted by molar-refractivity contribution is -0.167. The van der Waals surface area contributed by atoms with Crippen LogP contribution in [0.2, 0.25) is 0 Å². The second-order valence-electron chi connectivity index (χ2n) is 7.69. The molecule has 0 N–H and O–H groups in total. The summed E-state index contributed by atoms with van der Waals surface area (Å²) in [4.78, 5) is 12.4. The third-order valence-electron chi connectivity index (χ3n) is 6.73. The highest BCUT2D eigenvalue weighted by atomic mass is 16.7. The van der Waals surface area contributed by atoms with Crippen LogP contribution in [0.4, 0.5) is 0 Å². The van der Waals surface area contributed by atoms with E-state index in [0.29, 0.717) is 30.0 Å². The maximum atomic E-state index is 12.4. The molecule has 3 fully saturated rings. The highest BCUT2D eigenvalue weighted by molar-refractivity contribution is 5.97. The molecule has 0 bridgehead atoms. The zero-order chi connectivity index (χ0) is 14.6. The Hall–Kier alpha value is -0.670. The average molecular weight is 290 g/mol. The van der Waals surface area contributed by atoms with Gasteiger partial charge in [0.1, 0.15) is 0 Å². The molecule has 0 radical (unpaired) electrons. The fourth-order valence-corrected chi connectivity index (χ4v) is 5.21. The van der Waals surface area contributed by atoms with Gasteiger partial charge in [-0.1, -0.05) is 19.9 Å². The molecule has 4 rings (SSSR count). The minimum atomic E-state index is 0.0210. The molecule has 1 saturated carbocycles. The molecule has 0 aromatic rings. The number of carbonyl (C=O) groups excluding carboxylic acids is 1. The second kappa shape index (κ2) is 4.92. The Morgan fingerprint density at radius 3 is 3.00 bits per heavy atom. The summed E-state index contributed by atoms with van der Waals surface area (Å²) in [7, 11) is 0. The van der Waals surface area contributed by atoms with Crippen molar-refractivity contribution in [3.8, 4) is 0 Å². The maximum absolute atomic E-state index is 12.4. The number of allylic oxidation sites excluding steroid dienone is 2. The molecule has 3 heteroatoms. The minimum absolute atomic E-state index is 0.0210. The van der Waals surface area contributed by atoms with E-state index in [1.807, 2.05) is 0 Å². The Morgan fingerprint density at radius 2 is 2.19 bits per heavy atom. The number of hydrogen-bond donors (Lipinski definition) is 0. The second-order valence-corrected chi connectivity index (χ2v) is 7.69. The first-order valence-corrected chi connectivity index (χ1v) is 8.61. The van der Waals surface area contributed by atoms with Crippen molar-refractivity contribution >= 4 is 5.78 Å². The Balaban J connectivity index is 1.66. The summed E-state index contributed by atoms with van der Waals surface area (Å²) in [6, 6.07) is 0. The molecular weight excluding hydrogens is 264 g/mol. The zero-order valence-electron chi connectivity index (χ0n) is 13.1. The first-order chi connectivity index (χ1) is 10.1. The number of hydrogen-bond acceptors (Lipinski definition) is 3. The normalized spacial score (nSPS) is 49.7. The van der Waals surface area contributed by atoms with Crippen LogP contribution in [-0.4, -0.2) is 24.8 Å². The predicted octanol–water partition coefficient (Wildman–Crippen LogP) is 3.48. The van der Waals surface area contributed by atoms with E-state index in [9.17, 15) is 4.79 Å². The summed E-state index contributed by atoms with van der Waals surface area (Å²) in [5.74, 6) is 1.76. The van der Waals surface area contributed by atoms with Crippen LogP contribution in [0, 0.1) is 23.2 Å². The van der Waals surface area contributed by atoms with Gasteiger partial charge in [-0.25, -0.2) is 0 Å². The quantitative estimate of drug-likeness (QED) is 0.741. The summed E-state index contributed by atoms with van der Waals surface area (Å²) < 4.78 is 12.1. The van der Waals surface area contributed by atoms with Crippen molar-refractivity contribution in [1.82, 2.24) is 0 Å². The van der Waals surface area contributed by atoms with Crippen LogP contribution in [0.5, 0.6) is 0 Å². The van der Waals surface area contributed by atoms with Gasteiger partial charge in [0, 0.05) is 17.8 Å². The van der Waals surface area contributed by atoms with Gasteiger partial charge in [0.25, 0.3) is 0 Å². The van der Waals surface area contributed by atoms with Crippen molar-refractivity contribution < 1.29 is 14.3 Å². The highest BCUT2D eigenvalue weighted by Crippen LogP contribution is 2.56. The zero-order valence-corrected chi connectivity index (χ0v) is 13.1. The van der Waals surface area contributed by atoms with E-state index >= 15 is 0 Å². The van der Waals surface area contributed by atoms with Crippen LogP contribution in [0.25, 0.3) is 0 Å². The van der Waals surface area contributed by atoms with Gasteiger partial charge >= 0.3 is 0 Å². The molecular formula is C18H26O3. The predicted molar refractivity (Wildman–Crippen MR) is 79.7 cm³/mol. The number of carbonyl (C=O) groups is 1. The summed E-state index contributed by atoms with van der Waals surface area (Å²) in [5.41, 5.74) is 1.21. The summed E-state index contributed by atoms with van der Waals surface area (Å²) in [6.45, 7) is 5.47. The summed E-state index contributed by atoms with van der Waals surface area (Å²) in [6.07, 6.45) is 8.86. The van der Waals surface area contributed by atoms with E-state index in [4.69, 9.17) is 9.47 Å². The number of fused-ring (bicyclic) bond motifs is 2. The lowest BCUT2D eigenvalue weighted by Crippen LogP contribution is -2.51. The van der Waals surface area contributed by atoms with Crippen molar-refractivity contribution in [3.63, 3.8) is 0 Å². The lowest BCUT2D eigenvalue weighted by Gasteiger charge is -2.51. The molecule has 2 aliphatic carbocycles. The molecule has 116 valence electrons. The Bertz CT molecular complexity index is 471. The number of rotatable bonds is 1. The molecule has 4 aliphatic rings. The van der Waals surface area contributed by atoms with Gasteiger partial charge in [-0.05, 0) is 49.5 Å². The van der Waals surface area contributed by atoms with Gasteiger partial charge < -0.3 is 9.47 Å². The number of Topliss-reactive ketones (excluding diaryl/α,β-unsaturated/α-hetero) is 1. The van der Waals surface area contributed by atoms with E-state index in [-0.39, 0.29) is 17.8 Å². The molecule has 0 amide bonds. The molecule has 2 heterocycles. The molecule has 0 aromatic carbocycles. The average Bonchev–Trinajstić information content (AvgIpc) is 3.06. The number of ether oxygens (including phenoxy) is 2. The topological polar surface area (TPSA) is 35.5 Å². The van der Waals surface area contributed by atoms with Gasteiger partial charge in [0.05, 0.1) is 12.7 Å². The smallest absolute Gasteiger partial charge is 0.160 e. The van der Waals surface area contributed by atoms with Crippen molar-refractivity contribution in [2.75, 3.05) is 6.61 Å². The van der Waals surface area contributed by atoms with E-state index in [1.54, 1.807) is 0 Å². The van der Waals surface area contributed by atoms with Crippen LogP contribution in [-0.2, 0) is 14.3 Å². The van der Waals surface area contributed by atoms with E-state index in [0.717, 1.165) is 37.9 Å². The Kier molecular flexibility index (Phi) is 3.27. The lowest BCUT2D eigenvalue weighted by atomic mass is 9.54. The van der Waals surface area contributed by atoms with Crippen molar-refractivity contribution in [2.24, 2.45) is 23.2 Å². The largest absolute Gasteiger partial charge is 0.352 e. The first kappa shape index (κ1) is 14.0. The Labute approximate surface area is 127 Å². The monoisotopic (exact) mass is 290 g/mol. The third-order valence-corrected chi connectivity index (χ3v) is 6.73. The van der Waals surface area contributed by atoms with Gasteiger partial charge in [-0.2, -0.15) is 0 Å². The standard InChI is InChI=1S/C18H26O3/c1-11-9-15(19)13-5-3-4-6-14(13)18(11,2)16-10-12-7-8-20-17(12)21-16/h5,11-12,14,16-17H,3-4,6-10H2,1-2H3/t11-,12-,14-,16+,17+,18+/m1/s1. The molecule has 0 aromatic heterocycles.